The molecule has 0 aliphatic carbocycles. The van der Waals surface area contributed by atoms with Crippen molar-refractivity contribution in [2.24, 2.45) is 0 Å². The van der Waals surface area contributed by atoms with Crippen molar-refractivity contribution in [1.82, 2.24) is 0 Å². The smallest absolute Gasteiger partial charge is 0.157 e. The Morgan fingerprint density at radius 3 is 2.05 bits per heavy atom. The fraction of sp³-hybridized carbons (Fsp3) is 0.500. The lowest BCUT2D eigenvalue weighted by Crippen LogP contribution is -2.33. The first-order chi connectivity index (χ1) is 9.17. The van der Waals surface area contributed by atoms with E-state index >= 15 is 0 Å². The zero-order valence-electron chi connectivity index (χ0n) is 12.2. The number of rotatable bonds is 9. The van der Waals surface area contributed by atoms with E-state index in [2.05, 4.69) is 44.7 Å². The topological polar surface area (TPSA) is 18.5 Å². The zero-order chi connectivity index (χ0) is 14.1. The second-order valence-corrected chi connectivity index (χ2v) is 5.91. The monoisotopic (exact) mass is 276 g/mol. The van der Waals surface area contributed by atoms with Crippen LogP contribution in [-0.2, 0) is 9.47 Å². The summed E-state index contributed by atoms with van der Waals surface area (Å²) in [4.78, 5) is 0. The van der Waals surface area contributed by atoms with E-state index in [1.165, 1.54) is 10.8 Å². The number of allylic oxidation sites excluding steroid dienone is 1. The molecule has 0 amide bonds. The highest BCUT2D eigenvalue weighted by molar-refractivity contribution is 6.54. The summed E-state index contributed by atoms with van der Waals surface area (Å²) in [6.45, 7) is 11.7. The molecule has 19 heavy (non-hydrogen) atoms. The first kappa shape index (κ1) is 16.2. The maximum Gasteiger partial charge on any atom is 0.157 e. The van der Waals surface area contributed by atoms with E-state index in [4.69, 9.17) is 9.47 Å². The van der Waals surface area contributed by atoms with Gasteiger partial charge in [-0.05, 0) is 25.3 Å². The van der Waals surface area contributed by atoms with Gasteiger partial charge in [0.05, 0.1) is 0 Å². The van der Waals surface area contributed by atoms with Crippen LogP contribution < -0.4 is 5.19 Å². The molecule has 3 heteroatoms. The summed E-state index contributed by atoms with van der Waals surface area (Å²) < 4.78 is 11.5. The maximum atomic E-state index is 5.75. The van der Waals surface area contributed by atoms with Crippen LogP contribution in [-0.4, -0.2) is 28.6 Å². The van der Waals surface area contributed by atoms with E-state index in [0.717, 1.165) is 31.6 Å². The summed E-state index contributed by atoms with van der Waals surface area (Å²) >= 11 is 0. The highest BCUT2D eigenvalue weighted by Gasteiger charge is 2.11. The molecule has 2 radical (unpaired) electrons. The number of ether oxygens (including phenoxy) is 2. The molecule has 0 spiro atoms. The molecular formula is C16H24O2Si. The summed E-state index contributed by atoms with van der Waals surface area (Å²) in [5.41, 5.74) is 2.28. The van der Waals surface area contributed by atoms with Crippen LogP contribution in [0.15, 0.2) is 30.8 Å². The third-order valence-corrected chi connectivity index (χ3v) is 3.84. The Balaban J connectivity index is 2.58. The van der Waals surface area contributed by atoms with E-state index in [1.54, 1.807) is 0 Å². The predicted octanol–water partition coefficient (Wildman–Crippen LogP) is 3.19. The Labute approximate surface area is 119 Å². The number of benzene rings is 1. The lowest BCUT2D eigenvalue weighted by molar-refractivity contribution is -0.0894. The van der Waals surface area contributed by atoms with Gasteiger partial charge in [0, 0.05) is 13.2 Å². The van der Waals surface area contributed by atoms with Crippen molar-refractivity contribution < 1.29 is 9.47 Å². The fourth-order valence-corrected chi connectivity index (χ4v) is 2.60. The standard InChI is InChI=1S/C16H24O2Si/c1-5-11-17-16(18-12-6-2)19-15-9-7-14(8-10-15)13(3)4/h7-10,16H,3,5-6,11-12H2,1-2,4H3. The molecule has 1 rings (SSSR count). The Morgan fingerprint density at radius 1 is 1.11 bits per heavy atom. The summed E-state index contributed by atoms with van der Waals surface area (Å²) in [6, 6.07) is 8.50. The van der Waals surface area contributed by atoms with E-state index in [9.17, 15) is 0 Å². The molecule has 2 nitrogen and oxygen atoms in total. The van der Waals surface area contributed by atoms with Gasteiger partial charge in [0.1, 0.15) is 5.91 Å². The van der Waals surface area contributed by atoms with Gasteiger partial charge in [0.25, 0.3) is 0 Å². The highest BCUT2D eigenvalue weighted by atomic mass is 28.2. The lowest BCUT2D eigenvalue weighted by atomic mass is 10.1. The van der Waals surface area contributed by atoms with Gasteiger partial charge >= 0.3 is 0 Å². The van der Waals surface area contributed by atoms with Crippen LogP contribution in [0.4, 0.5) is 0 Å². The van der Waals surface area contributed by atoms with Crippen LogP contribution >= 0.6 is 0 Å². The SMILES string of the molecule is C=C(C)c1ccc([Si]C(OCCC)OCCC)cc1. The second kappa shape index (κ2) is 9.07. The fourth-order valence-electron chi connectivity index (χ4n) is 1.57. The third-order valence-electron chi connectivity index (χ3n) is 2.61. The number of hydrogen-bond donors (Lipinski definition) is 0. The van der Waals surface area contributed by atoms with E-state index in [-0.39, 0.29) is 5.91 Å². The molecule has 0 atom stereocenters. The summed E-state index contributed by atoms with van der Waals surface area (Å²) in [6.07, 6.45) is 2.04. The maximum absolute atomic E-state index is 5.75. The lowest BCUT2D eigenvalue weighted by Gasteiger charge is -2.17. The van der Waals surface area contributed by atoms with E-state index in [1.807, 2.05) is 6.92 Å². The highest BCUT2D eigenvalue weighted by Crippen LogP contribution is 2.08. The van der Waals surface area contributed by atoms with Crippen LogP contribution in [0.1, 0.15) is 39.2 Å². The molecule has 0 saturated carbocycles. The van der Waals surface area contributed by atoms with E-state index < -0.39 is 0 Å². The minimum Gasteiger partial charge on any atom is -0.357 e. The van der Waals surface area contributed by atoms with Crippen molar-refractivity contribution in [3.63, 3.8) is 0 Å². The van der Waals surface area contributed by atoms with Crippen molar-refractivity contribution in [2.75, 3.05) is 13.2 Å². The average Bonchev–Trinajstić information content (AvgIpc) is 2.42. The van der Waals surface area contributed by atoms with Crippen LogP contribution in [0, 0.1) is 0 Å². The van der Waals surface area contributed by atoms with Crippen molar-refractivity contribution in [3.05, 3.63) is 36.4 Å². The summed E-state index contributed by atoms with van der Waals surface area (Å²) in [5.74, 6) is -0.101. The molecule has 0 aliphatic heterocycles. The molecule has 0 aliphatic rings. The van der Waals surface area contributed by atoms with Crippen LogP contribution in [0.2, 0.25) is 0 Å². The van der Waals surface area contributed by atoms with Gasteiger partial charge in [0.15, 0.2) is 9.52 Å². The first-order valence-corrected chi connectivity index (χ1v) is 8.00. The van der Waals surface area contributed by atoms with Crippen LogP contribution in [0.25, 0.3) is 5.57 Å². The minimum absolute atomic E-state index is 0.101. The van der Waals surface area contributed by atoms with Crippen molar-refractivity contribution in [2.45, 2.75) is 39.5 Å². The van der Waals surface area contributed by atoms with Crippen molar-refractivity contribution >= 4 is 20.3 Å². The average molecular weight is 276 g/mol. The summed E-state index contributed by atoms with van der Waals surface area (Å²) in [5, 5.41) is 1.27. The van der Waals surface area contributed by atoms with Gasteiger partial charge in [-0.2, -0.15) is 0 Å². The molecule has 0 bridgehead atoms. The van der Waals surface area contributed by atoms with Gasteiger partial charge in [-0.3, -0.25) is 0 Å². The predicted molar refractivity (Wildman–Crippen MR) is 82.8 cm³/mol. The second-order valence-electron chi connectivity index (χ2n) is 4.58. The third kappa shape index (κ3) is 6.19. The molecule has 0 fully saturated rings. The van der Waals surface area contributed by atoms with Crippen molar-refractivity contribution in [3.8, 4) is 0 Å². The summed E-state index contributed by atoms with van der Waals surface area (Å²) in [7, 11) is 0.531. The molecular weight excluding hydrogens is 252 g/mol. The quantitative estimate of drug-likeness (QED) is 0.509. The molecule has 1 aromatic carbocycles. The zero-order valence-corrected chi connectivity index (χ0v) is 13.2. The van der Waals surface area contributed by atoms with Gasteiger partial charge in [0.2, 0.25) is 0 Å². The largest absolute Gasteiger partial charge is 0.357 e. The van der Waals surface area contributed by atoms with Crippen molar-refractivity contribution in [1.29, 1.82) is 0 Å². The molecule has 0 N–H and O–H groups in total. The number of hydrogen-bond acceptors (Lipinski definition) is 2. The normalized spacial score (nSPS) is 10.9. The van der Waals surface area contributed by atoms with Gasteiger partial charge < -0.3 is 9.47 Å². The minimum atomic E-state index is -0.101. The van der Waals surface area contributed by atoms with Crippen LogP contribution in [0.5, 0.6) is 0 Å². The molecule has 0 heterocycles. The Bertz CT molecular complexity index is 365. The Kier molecular flexibility index (Phi) is 7.71. The first-order valence-electron chi connectivity index (χ1n) is 6.93. The molecule has 1 aromatic rings. The van der Waals surface area contributed by atoms with Gasteiger partial charge in [-0.25, -0.2) is 0 Å². The Hall–Kier alpha value is -0.903. The Morgan fingerprint density at radius 2 is 1.63 bits per heavy atom. The molecule has 0 saturated heterocycles. The van der Waals surface area contributed by atoms with E-state index in [0.29, 0.717) is 9.52 Å². The molecule has 104 valence electrons. The van der Waals surface area contributed by atoms with Gasteiger partial charge in [-0.15, -0.1) is 0 Å². The molecule has 0 unspecified atom stereocenters. The van der Waals surface area contributed by atoms with Gasteiger partial charge in [-0.1, -0.05) is 55.5 Å². The van der Waals surface area contributed by atoms with Crippen LogP contribution in [0.3, 0.4) is 0 Å². The molecule has 0 aromatic heterocycles.